The first-order chi connectivity index (χ1) is 13.5. The van der Waals surface area contributed by atoms with Crippen LogP contribution in [-0.2, 0) is 17.7 Å². The van der Waals surface area contributed by atoms with E-state index in [0.717, 1.165) is 62.4 Å². The molecular formula is C20H39IN6OS. The van der Waals surface area contributed by atoms with Crippen molar-refractivity contribution in [2.75, 3.05) is 40.1 Å². The predicted molar refractivity (Wildman–Crippen MR) is 133 cm³/mol. The highest BCUT2D eigenvalue weighted by Crippen LogP contribution is 2.43. The van der Waals surface area contributed by atoms with Gasteiger partial charge in [0.2, 0.25) is 0 Å². The minimum absolute atomic E-state index is 0. The summed E-state index contributed by atoms with van der Waals surface area (Å²) in [7, 11) is 3.62. The zero-order valence-corrected chi connectivity index (χ0v) is 21.8. The Morgan fingerprint density at radius 2 is 2.07 bits per heavy atom. The van der Waals surface area contributed by atoms with E-state index in [-0.39, 0.29) is 24.0 Å². The summed E-state index contributed by atoms with van der Waals surface area (Å²) in [5, 5.41) is 16.7. The first-order valence-corrected chi connectivity index (χ1v) is 11.7. The van der Waals surface area contributed by atoms with Crippen LogP contribution in [-0.4, -0.2) is 60.8 Å². The van der Waals surface area contributed by atoms with Crippen LogP contribution in [0.3, 0.4) is 0 Å². The molecular weight excluding hydrogens is 499 g/mol. The van der Waals surface area contributed by atoms with Gasteiger partial charge in [0.1, 0.15) is 5.82 Å². The van der Waals surface area contributed by atoms with E-state index in [9.17, 15) is 0 Å². The van der Waals surface area contributed by atoms with Crippen LogP contribution in [0.1, 0.15) is 51.8 Å². The van der Waals surface area contributed by atoms with Crippen molar-refractivity contribution >= 4 is 41.7 Å². The fourth-order valence-electron chi connectivity index (χ4n) is 3.66. The Kier molecular flexibility index (Phi) is 12.5. The van der Waals surface area contributed by atoms with Crippen LogP contribution in [0.5, 0.6) is 0 Å². The highest BCUT2D eigenvalue weighted by Gasteiger charge is 2.36. The molecule has 2 N–H and O–H groups in total. The van der Waals surface area contributed by atoms with Gasteiger partial charge >= 0.3 is 0 Å². The quantitative estimate of drug-likeness (QED) is 0.139. The van der Waals surface area contributed by atoms with Gasteiger partial charge in [0.15, 0.2) is 11.1 Å². The predicted octanol–water partition coefficient (Wildman–Crippen LogP) is 3.58. The molecule has 0 saturated heterocycles. The number of ether oxygens (including phenoxy) is 1. The van der Waals surface area contributed by atoms with Gasteiger partial charge in [-0.1, -0.05) is 32.0 Å². The van der Waals surface area contributed by atoms with E-state index in [1.807, 2.05) is 7.05 Å². The third kappa shape index (κ3) is 8.24. The molecule has 1 heterocycles. The van der Waals surface area contributed by atoms with E-state index >= 15 is 0 Å². The Balaban J connectivity index is 0.00000420. The molecule has 0 amide bonds. The molecule has 1 saturated carbocycles. The molecule has 1 aromatic rings. The van der Waals surface area contributed by atoms with E-state index in [1.165, 1.54) is 19.3 Å². The maximum absolute atomic E-state index is 5.28. The number of aryl methyl sites for hydroxylation is 1. The third-order valence-electron chi connectivity index (χ3n) is 5.50. The average molecular weight is 539 g/mol. The van der Waals surface area contributed by atoms with Crippen molar-refractivity contribution in [3.8, 4) is 0 Å². The number of halogens is 1. The Morgan fingerprint density at radius 3 is 2.62 bits per heavy atom. The standard InChI is InChI=1S/C20H38N6OS.HI/c1-16(2)14-26-17(24-25-19(26)28-5)8-6-12-22-18(21-3)23-15-20(9-7-10-20)11-13-27-4;/h16H,6-15H2,1-5H3,(H2,21,22,23);1H. The summed E-state index contributed by atoms with van der Waals surface area (Å²) in [5.74, 6) is 2.55. The number of nitrogens with zero attached hydrogens (tertiary/aromatic N) is 4. The van der Waals surface area contributed by atoms with Crippen LogP contribution in [0, 0.1) is 11.3 Å². The van der Waals surface area contributed by atoms with E-state index in [2.05, 4.69) is 50.5 Å². The van der Waals surface area contributed by atoms with Crippen molar-refractivity contribution in [2.24, 2.45) is 16.3 Å². The Morgan fingerprint density at radius 1 is 1.31 bits per heavy atom. The molecule has 2 rings (SSSR count). The minimum Gasteiger partial charge on any atom is -0.385 e. The Bertz CT molecular complexity index is 618. The van der Waals surface area contributed by atoms with Crippen LogP contribution >= 0.6 is 35.7 Å². The Labute approximate surface area is 197 Å². The summed E-state index contributed by atoms with van der Waals surface area (Å²) in [6.45, 7) is 8.10. The normalized spacial score (nSPS) is 15.7. The molecule has 7 nitrogen and oxygen atoms in total. The van der Waals surface area contributed by atoms with Crippen LogP contribution in [0.2, 0.25) is 0 Å². The number of methoxy groups -OCH3 is 1. The number of nitrogens with one attached hydrogen (secondary N) is 2. The monoisotopic (exact) mass is 538 g/mol. The van der Waals surface area contributed by atoms with Crippen molar-refractivity contribution in [3.05, 3.63) is 5.82 Å². The zero-order valence-electron chi connectivity index (χ0n) is 18.7. The lowest BCUT2D eigenvalue weighted by molar-refractivity contribution is 0.0732. The first-order valence-electron chi connectivity index (χ1n) is 10.4. The molecule has 29 heavy (non-hydrogen) atoms. The summed E-state index contributed by atoms with van der Waals surface area (Å²) in [6.07, 6.45) is 8.99. The molecule has 1 aliphatic rings. The lowest BCUT2D eigenvalue weighted by Gasteiger charge is -2.42. The number of guanidine groups is 1. The second-order valence-electron chi connectivity index (χ2n) is 8.16. The fourth-order valence-corrected chi connectivity index (χ4v) is 4.18. The van der Waals surface area contributed by atoms with E-state index in [0.29, 0.717) is 11.3 Å². The van der Waals surface area contributed by atoms with Crippen LogP contribution in [0.15, 0.2) is 10.1 Å². The highest BCUT2D eigenvalue weighted by atomic mass is 127. The van der Waals surface area contributed by atoms with Crippen LogP contribution < -0.4 is 10.6 Å². The lowest BCUT2D eigenvalue weighted by Crippen LogP contribution is -2.47. The van der Waals surface area contributed by atoms with Crippen molar-refractivity contribution in [2.45, 2.75) is 64.1 Å². The van der Waals surface area contributed by atoms with Gasteiger partial charge in [-0.15, -0.1) is 34.2 Å². The molecule has 1 aromatic heterocycles. The molecule has 1 fully saturated rings. The summed E-state index contributed by atoms with van der Waals surface area (Å²) in [4.78, 5) is 4.38. The molecule has 0 aliphatic heterocycles. The van der Waals surface area contributed by atoms with Crippen LogP contribution in [0.4, 0.5) is 0 Å². The van der Waals surface area contributed by atoms with Crippen molar-refractivity contribution in [3.63, 3.8) is 0 Å². The molecule has 0 unspecified atom stereocenters. The van der Waals surface area contributed by atoms with Crippen molar-refractivity contribution in [1.29, 1.82) is 0 Å². The molecule has 0 aromatic carbocycles. The third-order valence-corrected chi connectivity index (χ3v) is 6.17. The highest BCUT2D eigenvalue weighted by molar-refractivity contribution is 14.0. The van der Waals surface area contributed by atoms with Crippen molar-refractivity contribution in [1.82, 2.24) is 25.4 Å². The fraction of sp³-hybridized carbons (Fsp3) is 0.850. The molecule has 0 radical (unpaired) electrons. The number of aliphatic imine (C=N–C) groups is 1. The van der Waals surface area contributed by atoms with Gasteiger partial charge in [0.25, 0.3) is 0 Å². The number of rotatable bonds is 12. The first kappa shape index (κ1) is 26.5. The maximum Gasteiger partial charge on any atom is 0.190 e. The summed E-state index contributed by atoms with van der Waals surface area (Å²) in [5.41, 5.74) is 0.384. The zero-order chi connectivity index (χ0) is 20.4. The maximum atomic E-state index is 5.28. The molecule has 0 spiro atoms. The van der Waals surface area contributed by atoms with Gasteiger partial charge in [-0.2, -0.15) is 0 Å². The molecule has 0 atom stereocenters. The van der Waals surface area contributed by atoms with Gasteiger partial charge < -0.3 is 19.9 Å². The lowest BCUT2D eigenvalue weighted by atomic mass is 9.67. The summed E-state index contributed by atoms with van der Waals surface area (Å²) >= 11 is 1.66. The van der Waals surface area contributed by atoms with Crippen LogP contribution in [0.25, 0.3) is 0 Å². The molecule has 1 aliphatic carbocycles. The number of aromatic nitrogens is 3. The topological polar surface area (TPSA) is 76.4 Å². The SMILES string of the molecule is CN=C(NCCCc1nnc(SC)n1CC(C)C)NCC1(CCOC)CCC1.I. The average Bonchev–Trinajstić information content (AvgIpc) is 3.03. The van der Waals surface area contributed by atoms with Gasteiger partial charge in [-0.05, 0) is 43.3 Å². The summed E-state index contributed by atoms with van der Waals surface area (Å²) in [6, 6.07) is 0. The number of hydrogen-bond donors (Lipinski definition) is 2. The smallest absolute Gasteiger partial charge is 0.190 e. The summed E-state index contributed by atoms with van der Waals surface area (Å²) < 4.78 is 7.55. The van der Waals surface area contributed by atoms with Gasteiger partial charge in [-0.3, -0.25) is 4.99 Å². The molecule has 9 heteroatoms. The number of hydrogen-bond acceptors (Lipinski definition) is 5. The largest absolute Gasteiger partial charge is 0.385 e. The van der Waals surface area contributed by atoms with Gasteiger partial charge in [0, 0.05) is 46.8 Å². The second kappa shape index (κ2) is 13.7. The van der Waals surface area contributed by atoms with E-state index < -0.39 is 0 Å². The minimum atomic E-state index is 0. The van der Waals surface area contributed by atoms with Gasteiger partial charge in [-0.25, -0.2) is 0 Å². The van der Waals surface area contributed by atoms with E-state index in [1.54, 1.807) is 18.9 Å². The number of thioether (sulfide) groups is 1. The second-order valence-corrected chi connectivity index (χ2v) is 8.93. The molecule has 0 bridgehead atoms. The van der Waals surface area contributed by atoms with E-state index in [4.69, 9.17) is 4.74 Å². The van der Waals surface area contributed by atoms with Gasteiger partial charge in [0.05, 0.1) is 0 Å². The molecule has 168 valence electrons. The Hall–Kier alpha value is -0.550. The van der Waals surface area contributed by atoms with Crippen molar-refractivity contribution < 1.29 is 4.74 Å².